The molecular weight excluding hydrogens is 924 g/mol. The molecule has 16 nitrogen and oxygen atoms in total. The van der Waals surface area contributed by atoms with Crippen molar-refractivity contribution in [3.8, 4) is 0 Å². The number of carbonyl (C=O) groups is 6. The van der Waals surface area contributed by atoms with E-state index in [9.17, 15) is 37.2 Å². The first-order valence-corrected chi connectivity index (χ1v) is 24.5. The Hall–Kier alpha value is -6.72. The third kappa shape index (κ3) is 13.1. The van der Waals surface area contributed by atoms with Crippen molar-refractivity contribution in [3.63, 3.8) is 0 Å². The standard InChI is InChI=1S/C38H49N5O9S.C13H10ClNO/c1-8-24-22-38(24,33(46)41-53(49,50)28-19-20-28)40-31(44)29-21-27(23-42(29)32(45)30(36(2,3)4)39-34(47)52-37(5,6)7)51-35(48)43(25-15-11-9-12-16-25)26-17-13-10-14-18-26;14-13(16)15(11-7-3-1-4-8-11)12-9-5-2-6-10-12/h8-18,24,27-30H,1,19-23H2,2-7H3,(H,39,47)(H,40,44)(H,41,46);1-10H/t24?,27-,29+,30-,38-;/m1./s1. The molecule has 7 rings (SSSR count). The fourth-order valence-electron chi connectivity index (χ4n) is 7.85. The highest BCUT2D eigenvalue weighted by Gasteiger charge is 2.62. The number of sulfonamides is 1. The molecule has 0 radical (unpaired) electrons. The fourth-order valence-corrected chi connectivity index (χ4v) is 9.41. The quantitative estimate of drug-likeness (QED) is 0.0661. The molecule has 2 saturated carbocycles. The number of alkyl carbamates (subject to hydrolysis) is 1. The summed E-state index contributed by atoms with van der Waals surface area (Å²) in [5.74, 6) is -2.85. The van der Waals surface area contributed by atoms with Gasteiger partial charge in [-0.15, -0.1) is 6.58 Å². The van der Waals surface area contributed by atoms with Gasteiger partial charge in [-0.2, -0.15) is 0 Å². The Balaban J connectivity index is 0.000000411. The Kier molecular flexibility index (Phi) is 15.9. The Bertz CT molecular complexity index is 2530. The molecule has 3 fully saturated rings. The molecule has 3 N–H and O–H groups in total. The van der Waals surface area contributed by atoms with E-state index in [4.69, 9.17) is 21.1 Å². The molecule has 1 heterocycles. The number of benzene rings is 4. The minimum absolute atomic E-state index is 0.0985. The van der Waals surface area contributed by atoms with E-state index in [0.717, 1.165) is 11.4 Å². The van der Waals surface area contributed by atoms with Gasteiger partial charge >= 0.3 is 17.6 Å². The van der Waals surface area contributed by atoms with Gasteiger partial charge in [-0.05, 0) is 106 Å². The van der Waals surface area contributed by atoms with Crippen LogP contribution in [0.5, 0.6) is 0 Å². The van der Waals surface area contributed by atoms with Gasteiger partial charge in [0.2, 0.25) is 21.8 Å². The molecule has 1 aliphatic heterocycles. The van der Waals surface area contributed by atoms with Crippen LogP contribution in [-0.4, -0.2) is 89.7 Å². The largest absolute Gasteiger partial charge is 0.444 e. The molecule has 69 heavy (non-hydrogen) atoms. The van der Waals surface area contributed by atoms with Crippen molar-refractivity contribution < 1.29 is 46.7 Å². The molecule has 18 heteroatoms. The maximum Gasteiger partial charge on any atom is 0.419 e. The summed E-state index contributed by atoms with van der Waals surface area (Å²) < 4.78 is 39.0. The average Bonchev–Trinajstić information content (AvgIpc) is 4.23. The zero-order valence-electron chi connectivity index (χ0n) is 39.5. The number of nitrogens with one attached hydrogen (secondary N) is 3. The van der Waals surface area contributed by atoms with Crippen LogP contribution in [0.2, 0.25) is 0 Å². The van der Waals surface area contributed by atoms with E-state index in [1.54, 1.807) is 90.1 Å². The van der Waals surface area contributed by atoms with Crippen LogP contribution in [0.15, 0.2) is 134 Å². The summed E-state index contributed by atoms with van der Waals surface area (Å²) in [5, 5.41) is 4.20. The summed E-state index contributed by atoms with van der Waals surface area (Å²) in [6.07, 6.45) is -0.302. The normalized spacial score (nSPS) is 20.1. The van der Waals surface area contributed by atoms with Crippen molar-refractivity contribution in [2.75, 3.05) is 16.3 Å². The van der Waals surface area contributed by atoms with E-state index in [1.165, 1.54) is 20.8 Å². The average molecular weight is 984 g/mol. The number of hydrogen-bond acceptors (Lipinski definition) is 10. The molecule has 4 aromatic carbocycles. The number of rotatable bonds is 13. The number of nitrogens with zero attached hydrogens (tertiary/aromatic N) is 3. The molecule has 1 unspecified atom stereocenters. The Morgan fingerprint density at radius 3 is 1.62 bits per heavy atom. The number of ether oxygens (including phenoxy) is 2. The molecule has 5 atom stereocenters. The summed E-state index contributed by atoms with van der Waals surface area (Å²) in [7, 11) is -3.93. The lowest BCUT2D eigenvalue weighted by Crippen LogP contribution is -2.60. The summed E-state index contributed by atoms with van der Waals surface area (Å²) >= 11 is 5.60. The van der Waals surface area contributed by atoms with Crippen molar-refractivity contribution in [2.45, 2.75) is 102 Å². The lowest BCUT2D eigenvalue weighted by atomic mass is 9.85. The molecule has 0 bridgehead atoms. The van der Waals surface area contributed by atoms with E-state index in [0.29, 0.717) is 24.2 Å². The van der Waals surface area contributed by atoms with Gasteiger partial charge in [0.15, 0.2) is 0 Å². The van der Waals surface area contributed by atoms with Gasteiger partial charge in [0.25, 0.3) is 5.91 Å². The number of hydrogen-bond donors (Lipinski definition) is 3. The van der Waals surface area contributed by atoms with Gasteiger partial charge in [-0.3, -0.25) is 28.8 Å². The maximum atomic E-state index is 14.5. The SMILES string of the molecule is C=CC1C[C@]1(NC(=O)[C@@H]1C[C@@H](OC(=O)N(c2ccccc2)c2ccccc2)CN1C(=O)[C@@H](NC(=O)OC(C)(C)C)C(C)(C)C)C(=O)NS(=O)(=O)C1CC1.O=C(Cl)N(c1ccccc1)c1ccccc1. The molecule has 1 saturated heterocycles. The number of likely N-dealkylation sites (tertiary alicyclic amines) is 1. The lowest BCUT2D eigenvalue weighted by molar-refractivity contribution is -0.143. The second-order valence-electron chi connectivity index (χ2n) is 19.1. The van der Waals surface area contributed by atoms with Gasteiger partial charge in [0.05, 0.1) is 34.5 Å². The summed E-state index contributed by atoms with van der Waals surface area (Å²) in [6.45, 7) is 13.8. The van der Waals surface area contributed by atoms with Crippen LogP contribution in [0.4, 0.5) is 37.1 Å². The molecule has 0 spiro atoms. The first kappa shape index (κ1) is 51.7. The van der Waals surface area contributed by atoms with E-state index in [1.807, 2.05) is 72.8 Å². The summed E-state index contributed by atoms with van der Waals surface area (Å²) in [5.41, 5.74) is -0.776. The van der Waals surface area contributed by atoms with Gasteiger partial charge in [-0.1, -0.05) is 99.6 Å². The molecular formula is C51H59ClN6O10S. The number of para-hydroxylation sites is 4. The monoisotopic (exact) mass is 982 g/mol. The van der Waals surface area contributed by atoms with E-state index < -0.39 is 91.2 Å². The molecule has 4 aromatic rings. The van der Waals surface area contributed by atoms with Crippen LogP contribution in [0.25, 0.3) is 0 Å². The third-order valence-corrected chi connectivity index (χ3v) is 13.5. The van der Waals surface area contributed by atoms with Gasteiger partial charge in [0, 0.05) is 12.3 Å². The van der Waals surface area contributed by atoms with Gasteiger partial charge < -0.3 is 25.0 Å². The first-order chi connectivity index (χ1) is 32.5. The van der Waals surface area contributed by atoms with Gasteiger partial charge in [-0.25, -0.2) is 22.9 Å². The smallest absolute Gasteiger partial charge is 0.419 e. The minimum atomic E-state index is -3.93. The zero-order valence-corrected chi connectivity index (χ0v) is 41.0. The third-order valence-electron chi connectivity index (χ3n) is 11.6. The maximum absolute atomic E-state index is 14.5. The zero-order chi connectivity index (χ0) is 50.3. The van der Waals surface area contributed by atoms with Crippen molar-refractivity contribution in [2.24, 2.45) is 11.3 Å². The van der Waals surface area contributed by atoms with Crippen LogP contribution >= 0.6 is 11.6 Å². The summed E-state index contributed by atoms with van der Waals surface area (Å²) in [6, 6.07) is 33.8. The van der Waals surface area contributed by atoms with E-state index in [-0.39, 0.29) is 19.4 Å². The molecule has 3 aliphatic rings. The Morgan fingerprint density at radius 2 is 1.23 bits per heavy atom. The fraction of sp³-hybridized carbons (Fsp3) is 0.373. The molecule has 0 aromatic heterocycles. The second-order valence-corrected chi connectivity index (χ2v) is 21.4. The van der Waals surface area contributed by atoms with Crippen LogP contribution in [-0.2, 0) is 33.9 Å². The van der Waals surface area contributed by atoms with Crippen LogP contribution < -0.4 is 25.2 Å². The Labute approximate surface area is 408 Å². The number of anilines is 4. The topological polar surface area (TPSA) is 201 Å². The number of halogens is 1. The van der Waals surface area contributed by atoms with Crippen molar-refractivity contribution in [1.82, 2.24) is 20.3 Å². The number of carbonyl (C=O) groups excluding carboxylic acids is 6. The molecule has 366 valence electrons. The number of amides is 6. The minimum Gasteiger partial charge on any atom is -0.444 e. The van der Waals surface area contributed by atoms with Gasteiger partial charge in [0.1, 0.15) is 29.3 Å². The lowest BCUT2D eigenvalue weighted by Gasteiger charge is -2.36. The van der Waals surface area contributed by atoms with Crippen LogP contribution in [0.3, 0.4) is 0 Å². The second kappa shape index (κ2) is 21.3. The highest BCUT2D eigenvalue weighted by Crippen LogP contribution is 2.46. The molecule has 6 amide bonds. The van der Waals surface area contributed by atoms with Crippen molar-refractivity contribution in [3.05, 3.63) is 134 Å². The van der Waals surface area contributed by atoms with Crippen LogP contribution in [0.1, 0.15) is 67.2 Å². The highest BCUT2D eigenvalue weighted by molar-refractivity contribution is 7.91. The van der Waals surface area contributed by atoms with Crippen molar-refractivity contribution in [1.29, 1.82) is 0 Å². The van der Waals surface area contributed by atoms with Crippen molar-refractivity contribution >= 4 is 79.6 Å². The van der Waals surface area contributed by atoms with Crippen LogP contribution in [0, 0.1) is 11.3 Å². The van der Waals surface area contributed by atoms with E-state index >= 15 is 0 Å². The van der Waals surface area contributed by atoms with E-state index in [2.05, 4.69) is 21.9 Å². The highest BCUT2D eigenvalue weighted by atomic mass is 35.5. The predicted octanol–water partition coefficient (Wildman–Crippen LogP) is 8.72. The first-order valence-electron chi connectivity index (χ1n) is 22.6. The molecule has 2 aliphatic carbocycles. The summed E-state index contributed by atoms with van der Waals surface area (Å²) in [4.78, 5) is 84.6. The predicted molar refractivity (Wildman–Crippen MR) is 264 cm³/mol. The Morgan fingerprint density at radius 1 is 0.768 bits per heavy atom.